The Kier molecular flexibility index (Phi) is 5.52. The van der Waals surface area contributed by atoms with Crippen molar-refractivity contribution in [3.63, 3.8) is 0 Å². The van der Waals surface area contributed by atoms with Gasteiger partial charge in [0.15, 0.2) is 0 Å². The molecule has 3 nitrogen and oxygen atoms in total. The molecule has 0 aliphatic heterocycles. The molecule has 1 atom stereocenters. The summed E-state index contributed by atoms with van der Waals surface area (Å²) in [4.78, 5) is 14.2. The fraction of sp³-hybridized carbons (Fsp3) is 0.278. The number of nitrogens with zero attached hydrogens (tertiary/aromatic N) is 1. The van der Waals surface area contributed by atoms with Crippen LogP contribution in [-0.2, 0) is 16.1 Å². The van der Waals surface area contributed by atoms with Gasteiger partial charge in [-0.3, -0.25) is 4.79 Å². The van der Waals surface area contributed by atoms with Crippen molar-refractivity contribution in [3.8, 4) is 0 Å². The van der Waals surface area contributed by atoms with Gasteiger partial charge in [0.25, 0.3) is 0 Å². The average molecular weight is 283 g/mol. The highest BCUT2D eigenvalue weighted by atomic mass is 16.5. The molecule has 0 radical (unpaired) electrons. The zero-order chi connectivity index (χ0) is 15.1. The monoisotopic (exact) mass is 283 g/mol. The van der Waals surface area contributed by atoms with Crippen LogP contribution >= 0.6 is 0 Å². The lowest BCUT2D eigenvalue weighted by atomic mass is 10.1. The lowest BCUT2D eigenvalue weighted by Gasteiger charge is -2.29. The van der Waals surface area contributed by atoms with Gasteiger partial charge >= 0.3 is 0 Å². The van der Waals surface area contributed by atoms with Gasteiger partial charge in [0.2, 0.25) is 5.91 Å². The van der Waals surface area contributed by atoms with Gasteiger partial charge in [0.05, 0.1) is 6.04 Å². The second kappa shape index (κ2) is 7.60. The summed E-state index contributed by atoms with van der Waals surface area (Å²) in [6.45, 7) is 2.73. The SMILES string of the molecule is COCC(=O)N(Cc1ccccc1)[C@H](C)c1ccccc1. The lowest BCUT2D eigenvalue weighted by molar-refractivity contribution is -0.138. The lowest BCUT2D eigenvalue weighted by Crippen LogP contribution is -2.35. The molecule has 21 heavy (non-hydrogen) atoms. The van der Waals surface area contributed by atoms with E-state index in [9.17, 15) is 4.79 Å². The van der Waals surface area contributed by atoms with E-state index in [2.05, 4.69) is 0 Å². The van der Waals surface area contributed by atoms with Crippen LogP contribution in [0.3, 0.4) is 0 Å². The molecular weight excluding hydrogens is 262 g/mol. The Morgan fingerprint density at radius 1 is 1.05 bits per heavy atom. The summed E-state index contributed by atoms with van der Waals surface area (Å²) in [6.07, 6.45) is 0. The highest BCUT2D eigenvalue weighted by molar-refractivity contribution is 5.78. The van der Waals surface area contributed by atoms with Crippen LogP contribution in [0.2, 0.25) is 0 Å². The van der Waals surface area contributed by atoms with Crippen LogP contribution in [0.5, 0.6) is 0 Å². The third kappa shape index (κ3) is 4.17. The molecule has 0 N–H and O–H groups in total. The summed E-state index contributed by atoms with van der Waals surface area (Å²) in [5.74, 6) is -0.00212. The van der Waals surface area contributed by atoms with Gasteiger partial charge < -0.3 is 9.64 Å². The number of benzene rings is 2. The second-order valence-corrected chi connectivity index (χ2v) is 5.03. The molecule has 3 heteroatoms. The van der Waals surface area contributed by atoms with Crippen molar-refractivity contribution in [2.24, 2.45) is 0 Å². The van der Waals surface area contributed by atoms with Crippen molar-refractivity contribution < 1.29 is 9.53 Å². The minimum absolute atomic E-state index is 0.00212. The molecule has 0 unspecified atom stereocenters. The minimum atomic E-state index is -0.00212. The molecule has 0 aromatic heterocycles. The molecule has 110 valence electrons. The molecule has 0 saturated heterocycles. The van der Waals surface area contributed by atoms with E-state index in [0.717, 1.165) is 11.1 Å². The highest BCUT2D eigenvalue weighted by Gasteiger charge is 2.21. The third-order valence-electron chi connectivity index (χ3n) is 3.53. The Hall–Kier alpha value is -2.13. The van der Waals surface area contributed by atoms with Crippen LogP contribution in [0.4, 0.5) is 0 Å². The average Bonchev–Trinajstić information content (AvgIpc) is 2.54. The van der Waals surface area contributed by atoms with Gasteiger partial charge in [-0.05, 0) is 18.1 Å². The Morgan fingerprint density at radius 2 is 1.62 bits per heavy atom. The van der Waals surface area contributed by atoms with E-state index >= 15 is 0 Å². The van der Waals surface area contributed by atoms with Gasteiger partial charge in [-0.15, -0.1) is 0 Å². The summed E-state index contributed by atoms with van der Waals surface area (Å²) in [6, 6.07) is 20.1. The number of rotatable bonds is 6. The maximum absolute atomic E-state index is 12.4. The number of methoxy groups -OCH3 is 1. The molecule has 2 aromatic carbocycles. The van der Waals surface area contributed by atoms with Gasteiger partial charge in [-0.1, -0.05) is 60.7 Å². The summed E-state index contributed by atoms with van der Waals surface area (Å²) >= 11 is 0. The predicted octanol–water partition coefficient (Wildman–Crippen LogP) is 3.42. The zero-order valence-electron chi connectivity index (χ0n) is 12.5. The van der Waals surface area contributed by atoms with Crippen LogP contribution in [0.25, 0.3) is 0 Å². The quantitative estimate of drug-likeness (QED) is 0.813. The molecule has 0 bridgehead atoms. The molecule has 2 rings (SSSR count). The molecule has 0 fully saturated rings. The van der Waals surface area contributed by atoms with Gasteiger partial charge in [0.1, 0.15) is 6.61 Å². The van der Waals surface area contributed by atoms with E-state index in [1.165, 1.54) is 0 Å². The van der Waals surface area contributed by atoms with Crippen LogP contribution < -0.4 is 0 Å². The van der Waals surface area contributed by atoms with E-state index < -0.39 is 0 Å². The van der Waals surface area contributed by atoms with Crippen LogP contribution in [-0.4, -0.2) is 24.5 Å². The molecule has 0 saturated carbocycles. The van der Waals surface area contributed by atoms with Crippen molar-refractivity contribution in [3.05, 3.63) is 71.8 Å². The van der Waals surface area contributed by atoms with E-state index in [0.29, 0.717) is 6.54 Å². The van der Waals surface area contributed by atoms with Crippen molar-refractivity contribution in [2.75, 3.05) is 13.7 Å². The van der Waals surface area contributed by atoms with E-state index in [4.69, 9.17) is 4.74 Å². The van der Waals surface area contributed by atoms with Crippen LogP contribution in [0.1, 0.15) is 24.1 Å². The van der Waals surface area contributed by atoms with Gasteiger partial charge in [-0.2, -0.15) is 0 Å². The fourth-order valence-electron chi connectivity index (χ4n) is 2.34. The third-order valence-corrected chi connectivity index (χ3v) is 3.53. The predicted molar refractivity (Wildman–Crippen MR) is 83.7 cm³/mol. The number of carbonyl (C=O) groups excluding carboxylic acids is 1. The van der Waals surface area contributed by atoms with Crippen molar-refractivity contribution in [1.82, 2.24) is 4.90 Å². The number of carbonyl (C=O) groups is 1. The Morgan fingerprint density at radius 3 is 2.19 bits per heavy atom. The number of amides is 1. The first-order valence-electron chi connectivity index (χ1n) is 7.09. The zero-order valence-corrected chi connectivity index (χ0v) is 12.5. The van der Waals surface area contributed by atoms with Crippen molar-refractivity contribution in [1.29, 1.82) is 0 Å². The molecule has 1 amide bonds. The van der Waals surface area contributed by atoms with E-state index in [1.807, 2.05) is 72.5 Å². The smallest absolute Gasteiger partial charge is 0.249 e. The second-order valence-electron chi connectivity index (χ2n) is 5.03. The number of hydrogen-bond donors (Lipinski definition) is 0. The fourth-order valence-corrected chi connectivity index (χ4v) is 2.34. The number of hydrogen-bond acceptors (Lipinski definition) is 2. The van der Waals surface area contributed by atoms with Crippen molar-refractivity contribution >= 4 is 5.91 Å². The van der Waals surface area contributed by atoms with Gasteiger partial charge in [-0.25, -0.2) is 0 Å². The Labute approximate surface area is 126 Å². The number of ether oxygens (including phenoxy) is 1. The molecular formula is C18H21NO2. The molecule has 0 spiro atoms. The summed E-state index contributed by atoms with van der Waals surface area (Å²) in [5.41, 5.74) is 2.24. The molecule has 0 heterocycles. The van der Waals surface area contributed by atoms with Crippen LogP contribution in [0.15, 0.2) is 60.7 Å². The summed E-state index contributed by atoms with van der Waals surface area (Å²) < 4.78 is 5.02. The highest BCUT2D eigenvalue weighted by Crippen LogP contribution is 2.22. The molecule has 2 aromatic rings. The first-order valence-corrected chi connectivity index (χ1v) is 7.09. The van der Waals surface area contributed by atoms with Crippen LogP contribution in [0, 0.1) is 0 Å². The standard InChI is InChI=1S/C18H21NO2/c1-15(17-11-7-4-8-12-17)19(18(20)14-21-2)13-16-9-5-3-6-10-16/h3-12,15H,13-14H2,1-2H3/t15-/m1/s1. The first kappa shape index (κ1) is 15.3. The normalized spacial score (nSPS) is 11.9. The summed E-state index contributed by atoms with van der Waals surface area (Å²) in [7, 11) is 1.55. The van der Waals surface area contributed by atoms with E-state index in [1.54, 1.807) is 7.11 Å². The van der Waals surface area contributed by atoms with Gasteiger partial charge in [0, 0.05) is 13.7 Å². The first-order chi connectivity index (χ1) is 10.2. The maximum atomic E-state index is 12.4. The minimum Gasteiger partial charge on any atom is -0.375 e. The van der Waals surface area contributed by atoms with E-state index in [-0.39, 0.29) is 18.6 Å². The Balaban J connectivity index is 2.21. The molecule has 0 aliphatic carbocycles. The summed E-state index contributed by atoms with van der Waals surface area (Å²) in [5, 5.41) is 0. The molecule has 0 aliphatic rings. The van der Waals surface area contributed by atoms with Crippen molar-refractivity contribution in [2.45, 2.75) is 19.5 Å². The topological polar surface area (TPSA) is 29.5 Å². The maximum Gasteiger partial charge on any atom is 0.249 e. The largest absolute Gasteiger partial charge is 0.375 e. The Bertz CT molecular complexity index is 554.